The topological polar surface area (TPSA) is 73.6 Å². The van der Waals surface area contributed by atoms with Crippen molar-refractivity contribution in [3.05, 3.63) is 68.2 Å². The Hall–Kier alpha value is -2.54. The number of nitro benzene ring substituents is 1. The number of ether oxygens (including phenoxy) is 2. The first kappa shape index (κ1) is 17.9. The molecule has 2 aromatic carbocycles. The molecule has 27 heavy (non-hydrogen) atoms. The fraction of sp³-hybridized carbons (Fsp3) is 0.300. The smallest absolute Gasteiger partial charge is 0.269 e. The van der Waals surface area contributed by atoms with Crippen molar-refractivity contribution >= 4 is 27.3 Å². The molecule has 0 fully saturated rings. The van der Waals surface area contributed by atoms with E-state index in [0.29, 0.717) is 11.5 Å². The van der Waals surface area contributed by atoms with Gasteiger partial charge >= 0.3 is 0 Å². The molecule has 1 heterocycles. The van der Waals surface area contributed by atoms with Crippen molar-refractivity contribution in [2.75, 3.05) is 19.5 Å². The number of hydrogen-bond acceptors (Lipinski definition) is 5. The summed E-state index contributed by atoms with van der Waals surface area (Å²) in [5.74, 6) is 1.76. The van der Waals surface area contributed by atoms with Gasteiger partial charge in [-0.1, -0.05) is 12.2 Å². The van der Waals surface area contributed by atoms with Gasteiger partial charge in [-0.2, -0.15) is 0 Å². The molecule has 3 atom stereocenters. The van der Waals surface area contributed by atoms with E-state index < -0.39 is 0 Å². The number of hydrogen-bond donors (Lipinski definition) is 1. The van der Waals surface area contributed by atoms with E-state index in [1.54, 1.807) is 32.4 Å². The summed E-state index contributed by atoms with van der Waals surface area (Å²) in [6, 6.07) is 9.15. The average molecular weight is 431 g/mol. The third-order valence-electron chi connectivity index (χ3n) is 5.37. The Morgan fingerprint density at radius 1 is 1.22 bits per heavy atom. The number of methoxy groups -OCH3 is 2. The summed E-state index contributed by atoms with van der Waals surface area (Å²) in [5, 5.41) is 14.8. The highest BCUT2D eigenvalue weighted by molar-refractivity contribution is 9.10. The maximum absolute atomic E-state index is 11.2. The molecule has 0 aromatic heterocycles. The van der Waals surface area contributed by atoms with Crippen LogP contribution < -0.4 is 14.8 Å². The fourth-order valence-electron chi connectivity index (χ4n) is 4.14. The van der Waals surface area contributed by atoms with Gasteiger partial charge in [0, 0.05) is 23.7 Å². The van der Waals surface area contributed by atoms with Crippen LogP contribution in [0.4, 0.5) is 11.4 Å². The second-order valence-electron chi connectivity index (χ2n) is 6.74. The summed E-state index contributed by atoms with van der Waals surface area (Å²) < 4.78 is 11.7. The Morgan fingerprint density at radius 3 is 2.74 bits per heavy atom. The Balaban J connectivity index is 1.78. The van der Waals surface area contributed by atoms with Gasteiger partial charge in [-0.3, -0.25) is 10.1 Å². The van der Waals surface area contributed by atoms with Gasteiger partial charge in [0.15, 0.2) is 11.5 Å². The third kappa shape index (κ3) is 2.96. The van der Waals surface area contributed by atoms with Gasteiger partial charge in [0.05, 0.1) is 29.7 Å². The molecule has 0 saturated heterocycles. The van der Waals surface area contributed by atoms with Gasteiger partial charge in [-0.15, -0.1) is 0 Å². The Bertz CT molecular complexity index is 944. The van der Waals surface area contributed by atoms with Gasteiger partial charge < -0.3 is 14.8 Å². The van der Waals surface area contributed by atoms with E-state index in [4.69, 9.17) is 9.47 Å². The number of allylic oxidation sites excluding steroid dienone is 2. The number of nitrogens with one attached hydrogen (secondary N) is 1. The number of nitrogens with zero attached hydrogens (tertiary/aromatic N) is 1. The highest BCUT2D eigenvalue weighted by atomic mass is 79.9. The van der Waals surface area contributed by atoms with Gasteiger partial charge in [0.2, 0.25) is 0 Å². The summed E-state index contributed by atoms with van der Waals surface area (Å²) in [6.45, 7) is 0. The normalized spacial score (nSPS) is 22.6. The monoisotopic (exact) mass is 430 g/mol. The van der Waals surface area contributed by atoms with Crippen molar-refractivity contribution in [2.24, 2.45) is 5.92 Å². The maximum Gasteiger partial charge on any atom is 0.269 e. The Labute approximate surface area is 165 Å². The zero-order valence-corrected chi connectivity index (χ0v) is 16.5. The van der Waals surface area contributed by atoms with Crippen molar-refractivity contribution in [2.45, 2.75) is 18.4 Å². The molecule has 6 nitrogen and oxygen atoms in total. The molecule has 1 aliphatic carbocycles. The van der Waals surface area contributed by atoms with Crippen LogP contribution in [0.25, 0.3) is 0 Å². The van der Waals surface area contributed by atoms with Crippen molar-refractivity contribution in [1.29, 1.82) is 0 Å². The maximum atomic E-state index is 11.2. The number of benzene rings is 2. The summed E-state index contributed by atoms with van der Waals surface area (Å²) >= 11 is 3.57. The van der Waals surface area contributed by atoms with Crippen LogP contribution in [-0.2, 0) is 0 Å². The van der Waals surface area contributed by atoms with E-state index in [2.05, 4.69) is 33.4 Å². The highest BCUT2D eigenvalue weighted by Gasteiger charge is 2.39. The molecule has 0 radical (unpaired) electrons. The van der Waals surface area contributed by atoms with Crippen LogP contribution >= 0.6 is 15.9 Å². The molecule has 0 bridgehead atoms. The minimum Gasteiger partial charge on any atom is -0.493 e. The van der Waals surface area contributed by atoms with Gasteiger partial charge in [-0.05, 0) is 57.6 Å². The first-order valence-corrected chi connectivity index (χ1v) is 9.45. The molecule has 0 saturated carbocycles. The molecule has 1 aliphatic heterocycles. The molecule has 7 heteroatoms. The van der Waals surface area contributed by atoms with E-state index in [-0.39, 0.29) is 28.5 Å². The van der Waals surface area contributed by atoms with Crippen molar-refractivity contribution < 1.29 is 14.4 Å². The quantitative estimate of drug-likeness (QED) is 0.409. The van der Waals surface area contributed by atoms with Gasteiger partial charge in [0.25, 0.3) is 5.69 Å². The SMILES string of the molecule is COc1cc([C@H]2Nc3ccc([N+](=O)[O-])cc3[C@H]3C=CC[C@@H]32)cc(Br)c1OC. The van der Waals surface area contributed by atoms with E-state index in [9.17, 15) is 10.1 Å². The fourth-order valence-corrected chi connectivity index (χ4v) is 4.76. The molecule has 4 rings (SSSR count). The second-order valence-corrected chi connectivity index (χ2v) is 7.60. The van der Waals surface area contributed by atoms with Crippen LogP contribution in [0.5, 0.6) is 11.5 Å². The number of halogens is 1. The molecular weight excluding hydrogens is 412 g/mol. The van der Waals surface area contributed by atoms with E-state index in [1.165, 1.54) is 0 Å². The number of anilines is 1. The second kappa shape index (κ2) is 6.88. The first-order valence-electron chi connectivity index (χ1n) is 8.66. The van der Waals surface area contributed by atoms with E-state index in [1.807, 2.05) is 12.1 Å². The van der Waals surface area contributed by atoms with Gasteiger partial charge in [-0.25, -0.2) is 0 Å². The molecule has 0 spiro atoms. The predicted molar refractivity (Wildman–Crippen MR) is 107 cm³/mol. The number of fused-ring (bicyclic) bond motifs is 3. The predicted octanol–water partition coefficient (Wildman–Crippen LogP) is 5.20. The third-order valence-corrected chi connectivity index (χ3v) is 5.96. The van der Waals surface area contributed by atoms with Crippen molar-refractivity contribution in [3.8, 4) is 11.5 Å². The Kier molecular flexibility index (Phi) is 4.55. The lowest BCUT2D eigenvalue weighted by Gasteiger charge is -2.37. The van der Waals surface area contributed by atoms with Gasteiger partial charge in [0.1, 0.15) is 0 Å². The zero-order valence-electron chi connectivity index (χ0n) is 14.9. The van der Waals surface area contributed by atoms with Crippen molar-refractivity contribution in [1.82, 2.24) is 0 Å². The summed E-state index contributed by atoms with van der Waals surface area (Å²) in [6.07, 6.45) is 5.24. The Morgan fingerprint density at radius 2 is 2.04 bits per heavy atom. The summed E-state index contributed by atoms with van der Waals surface area (Å²) in [4.78, 5) is 10.8. The lowest BCUT2D eigenvalue weighted by molar-refractivity contribution is -0.384. The van der Waals surface area contributed by atoms with E-state index >= 15 is 0 Å². The molecular formula is C20H19BrN2O4. The van der Waals surface area contributed by atoms with Crippen LogP contribution in [0.15, 0.2) is 47.0 Å². The van der Waals surface area contributed by atoms with E-state index in [0.717, 1.165) is 27.7 Å². The van der Waals surface area contributed by atoms with Crippen LogP contribution in [0.3, 0.4) is 0 Å². The minimum atomic E-state index is -0.342. The van der Waals surface area contributed by atoms with Crippen LogP contribution in [-0.4, -0.2) is 19.1 Å². The standard InChI is InChI=1S/C20H19BrN2O4/c1-26-18-9-11(8-16(21)20(18)27-2)19-14-5-3-4-13(14)15-10-12(23(24)25)6-7-17(15)22-19/h3-4,6-10,13-14,19,22H,5H2,1-2H3/t13-,14-,19+/m0/s1. The molecule has 0 amide bonds. The van der Waals surface area contributed by atoms with Crippen LogP contribution in [0.2, 0.25) is 0 Å². The average Bonchev–Trinajstić information content (AvgIpc) is 3.16. The molecule has 140 valence electrons. The number of non-ortho nitro benzene ring substituents is 1. The molecule has 2 aromatic rings. The van der Waals surface area contributed by atoms with Crippen LogP contribution in [0.1, 0.15) is 29.5 Å². The van der Waals surface area contributed by atoms with Crippen LogP contribution in [0, 0.1) is 16.0 Å². The minimum absolute atomic E-state index is 0.0649. The largest absolute Gasteiger partial charge is 0.493 e. The lowest BCUT2D eigenvalue weighted by atomic mass is 9.77. The number of nitro groups is 1. The first-order chi connectivity index (χ1) is 13.0. The highest BCUT2D eigenvalue weighted by Crippen LogP contribution is 2.51. The lowest BCUT2D eigenvalue weighted by Crippen LogP contribution is -2.29. The number of rotatable bonds is 4. The van der Waals surface area contributed by atoms with Crippen molar-refractivity contribution in [3.63, 3.8) is 0 Å². The molecule has 1 N–H and O–H groups in total. The molecule has 0 unspecified atom stereocenters. The molecule has 2 aliphatic rings. The summed E-state index contributed by atoms with van der Waals surface area (Å²) in [5.41, 5.74) is 3.13. The summed E-state index contributed by atoms with van der Waals surface area (Å²) in [7, 11) is 3.23. The zero-order chi connectivity index (χ0) is 19.1.